The largest absolute Gasteiger partial charge is 0.481 e. The second-order valence-corrected chi connectivity index (χ2v) is 6.68. The van der Waals surface area contributed by atoms with Gasteiger partial charge in [-0.25, -0.2) is 8.42 Å². The van der Waals surface area contributed by atoms with E-state index in [0.29, 0.717) is 12.1 Å². The van der Waals surface area contributed by atoms with Crippen molar-refractivity contribution in [3.63, 3.8) is 0 Å². The maximum absolute atomic E-state index is 12.0. The third-order valence-electron chi connectivity index (χ3n) is 3.24. The lowest BCUT2D eigenvalue weighted by Gasteiger charge is -2.14. The van der Waals surface area contributed by atoms with Gasteiger partial charge < -0.3 is 10.0 Å². The van der Waals surface area contributed by atoms with Gasteiger partial charge in [0.1, 0.15) is 0 Å². The molecule has 1 heterocycles. The molecule has 0 aromatic heterocycles. The van der Waals surface area contributed by atoms with E-state index in [-0.39, 0.29) is 17.2 Å². The highest BCUT2D eigenvalue weighted by molar-refractivity contribution is 7.91. The molecule has 0 unspecified atom stereocenters. The molecule has 2 rings (SSSR count). The average molecular weight is 297 g/mol. The van der Waals surface area contributed by atoms with E-state index in [1.54, 1.807) is 11.0 Å². The third-order valence-corrected chi connectivity index (χ3v) is 4.96. The van der Waals surface area contributed by atoms with Crippen LogP contribution in [0.1, 0.15) is 18.9 Å². The summed E-state index contributed by atoms with van der Waals surface area (Å²) in [6, 6.07) is 4.51. The molecule has 1 aliphatic rings. The maximum atomic E-state index is 12.0. The average Bonchev–Trinajstić information content (AvgIpc) is 2.70. The Labute approximate surface area is 116 Å². The van der Waals surface area contributed by atoms with E-state index in [4.69, 9.17) is 5.11 Å². The Morgan fingerprint density at radius 3 is 2.70 bits per heavy atom. The van der Waals surface area contributed by atoms with Crippen LogP contribution in [-0.4, -0.2) is 37.7 Å². The van der Waals surface area contributed by atoms with E-state index in [1.165, 1.54) is 12.1 Å². The first kappa shape index (κ1) is 14.5. The fraction of sp³-hybridized carbons (Fsp3) is 0.385. The van der Waals surface area contributed by atoms with E-state index < -0.39 is 28.0 Å². The van der Waals surface area contributed by atoms with Crippen molar-refractivity contribution >= 4 is 27.4 Å². The van der Waals surface area contributed by atoms with Gasteiger partial charge in [0.25, 0.3) is 0 Å². The number of rotatable bonds is 5. The van der Waals surface area contributed by atoms with E-state index in [2.05, 4.69) is 0 Å². The molecule has 7 heteroatoms. The zero-order valence-electron chi connectivity index (χ0n) is 11.0. The molecule has 0 radical (unpaired) electrons. The van der Waals surface area contributed by atoms with E-state index in [0.717, 1.165) is 5.69 Å². The molecule has 1 aliphatic heterocycles. The Hall–Kier alpha value is -1.89. The van der Waals surface area contributed by atoms with Crippen molar-refractivity contribution in [1.29, 1.82) is 0 Å². The molecular weight excluding hydrogens is 282 g/mol. The molecule has 20 heavy (non-hydrogen) atoms. The minimum absolute atomic E-state index is 0.0532. The third kappa shape index (κ3) is 2.67. The summed E-state index contributed by atoms with van der Waals surface area (Å²) >= 11 is 0. The minimum atomic E-state index is -3.63. The molecule has 1 aromatic rings. The second-order valence-electron chi connectivity index (χ2n) is 4.57. The van der Waals surface area contributed by atoms with Crippen LogP contribution in [0.2, 0.25) is 0 Å². The number of hydrogen-bond donors (Lipinski definition) is 1. The Balaban J connectivity index is 2.31. The SMILES string of the molecule is CCN1C(=O)Cc2cc(S(=O)(=O)CCC(=O)O)ccc21. The lowest BCUT2D eigenvalue weighted by molar-refractivity contribution is -0.136. The first-order valence-electron chi connectivity index (χ1n) is 6.23. The number of sulfone groups is 1. The quantitative estimate of drug-likeness (QED) is 0.869. The number of carboxylic acids is 1. The first-order chi connectivity index (χ1) is 9.35. The van der Waals surface area contributed by atoms with Crippen LogP contribution in [0.4, 0.5) is 5.69 Å². The molecule has 0 atom stereocenters. The van der Waals surface area contributed by atoms with Gasteiger partial charge in [-0.2, -0.15) is 0 Å². The fourth-order valence-electron chi connectivity index (χ4n) is 2.24. The highest BCUT2D eigenvalue weighted by Gasteiger charge is 2.27. The zero-order chi connectivity index (χ0) is 14.9. The van der Waals surface area contributed by atoms with Gasteiger partial charge in [0.2, 0.25) is 5.91 Å². The van der Waals surface area contributed by atoms with E-state index >= 15 is 0 Å². The number of hydrogen-bond acceptors (Lipinski definition) is 4. The molecular formula is C13H15NO5S. The summed E-state index contributed by atoms with van der Waals surface area (Å²) in [6.45, 7) is 2.39. The molecule has 0 saturated heterocycles. The van der Waals surface area contributed by atoms with E-state index in [9.17, 15) is 18.0 Å². The van der Waals surface area contributed by atoms with Gasteiger partial charge in [-0.3, -0.25) is 9.59 Å². The maximum Gasteiger partial charge on any atom is 0.304 e. The molecule has 1 aromatic carbocycles. The zero-order valence-corrected chi connectivity index (χ0v) is 11.8. The van der Waals surface area contributed by atoms with Crippen LogP contribution in [0.3, 0.4) is 0 Å². The van der Waals surface area contributed by atoms with Crippen molar-refractivity contribution < 1.29 is 23.1 Å². The van der Waals surface area contributed by atoms with Crippen molar-refractivity contribution in [3.8, 4) is 0 Å². The summed E-state index contributed by atoms with van der Waals surface area (Å²) in [6.07, 6.45) is -0.245. The standard InChI is InChI=1S/C13H15NO5S/c1-2-14-11-4-3-10(7-9(11)8-12(14)15)20(18,19)6-5-13(16)17/h3-4,7H,2,5-6,8H2,1H3,(H,16,17). The summed E-state index contributed by atoms with van der Waals surface area (Å²) in [4.78, 5) is 23.9. The smallest absolute Gasteiger partial charge is 0.304 e. The molecule has 1 amide bonds. The normalized spacial score (nSPS) is 14.4. The minimum Gasteiger partial charge on any atom is -0.481 e. The number of anilines is 1. The number of fused-ring (bicyclic) bond motifs is 1. The number of aliphatic carboxylic acids is 1. The highest BCUT2D eigenvalue weighted by Crippen LogP contribution is 2.31. The summed E-state index contributed by atoms with van der Waals surface area (Å²) in [5, 5.41) is 8.56. The summed E-state index contributed by atoms with van der Waals surface area (Å²) < 4.78 is 24.0. The van der Waals surface area contributed by atoms with Gasteiger partial charge in [-0.05, 0) is 30.7 Å². The molecule has 0 aliphatic carbocycles. The highest BCUT2D eigenvalue weighted by atomic mass is 32.2. The van der Waals surface area contributed by atoms with Gasteiger partial charge in [0.15, 0.2) is 9.84 Å². The van der Waals surface area contributed by atoms with Crippen LogP contribution >= 0.6 is 0 Å². The molecule has 0 fully saturated rings. The topological polar surface area (TPSA) is 91.8 Å². The number of carboxylic acid groups (broad SMARTS) is 1. The Kier molecular flexibility index (Phi) is 3.80. The van der Waals surface area contributed by atoms with Gasteiger partial charge in [0.05, 0.1) is 23.5 Å². The number of amides is 1. The predicted octanol–water partition coefficient (Wildman–Crippen LogP) is 0.844. The number of likely N-dealkylation sites (N-methyl/N-ethyl adjacent to an activating group) is 1. The van der Waals surface area contributed by atoms with Crippen LogP contribution in [0, 0.1) is 0 Å². The lowest BCUT2D eigenvalue weighted by atomic mass is 10.2. The number of carbonyl (C=O) groups is 2. The number of carbonyl (C=O) groups excluding carboxylic acids is 1. The molecule has 0 saturated carbocycles. The van der Waals surface area contributed by atoms with Crippen molar-refractivity contribution in [3.05, 3.63) is 23.8 Å². The second kappa shape index (κ2) is 5.24. The van der Waals surface area contributed by atoms with Crippen molar-refractivity contribution in [2.75, 3.05) is 17.2 Å². The van der Waals surface area contributed by atoms with Crippen LogP contribution in [0.25, 0.3) is 0 Å². The predicted molar refractivity (Wildman–Crippen MR) is 72.5 cm³/mol. The number of benzene rings is 1. The fourth-order valence-corrected chi connectivity index (χ4v) is 3.52. The summed E-state index contributed by atoms with van der Waals surface area (Å²) in [7, 11) is -3.63. The molecule has 0 spiro atoms. The van der Waals surface area contributed by atoms with Gasteiger partial charge in [0, 0.05) is 12.2 Å². The summed E-state index contributed by atoms with van der Waals surface area (Å²) in [5.74, 6) is -1.64. The van der Waals surface area contributed by atoms with Gasteiger partial charge >= 0.3 is 5.97 Å². The van der Waals surface area contributed by atoms with Crippen molar-refractivity contribution in [1.82, 2.24) is 0 Å². The van der Waals surface area contributed by atoms with Crippen LogP contribution < -0.4 is 4.90 Å². The van der Waals surface area contributed by atoms with Crippen molar-refractivity contribution in [2.45, 2.75) is 24.7 Å². The molecule has 1 N–H and O–H groups in total. The molecule has 108 valence electrons. The van der Waals surface area contributed by atoms with Gasteiger partial charge in [-0.15, -0.1) is 0 Å². The summed E-state index contributed by atoms with van der Waals surface area (Å²) in [5.41, 5.74) is 1.41. The Morgan fingerprint density at radius 2 is 2.10 bits per heavy atom. The first-order valence-corrected chi connectivity index (χ1v) is 7.88. The van der Waals surface area contributed by atoms with Crippen molar-refractivity contribution in [2.24, 2.45) is 0 Å². The van der Waals surface area contributed by atoms with Crippen LogP contribution in [0.15, 0.2) is 23.1 Å². The van der Waals surface area contributed by atoms with E-state index in [1.807, 2.05) is 6.92 Å². The molecule has 0 bridgehead atoms. The Morgan fingerprint density at radius 1 is 1.40 bits per heavy atom. The van der Waals surface area contributed by atoms with Gasteiger partial charge in [-0.1, -0.05) is 0 Å². The number of nitrogens with zero attached hydrogens (tertiary/aromatic N) is 1. The Bertz CT molecular complexity index is 665. The lowest BCUT2D eigenvalue weighted by Crippen LogP contribution is -2.25. The molecule has 6 nitrogen and oxygen atoms in total. The van der Waals surface area contributed by atoms with Crippen LogP contribution in [-0.2, 0) is 25.8 Å². The van der Waals surface area contributed by atoms with Crippen LogP contribution in [0.5, 0.6) is 0 Å². The monoisotopic (exact) mass is 297 g/mol.